The average molecular weight is 252 g/mol. The highest BCUT2D eigenvalue weighted by molar-refractivity contribution is 5.83. The number of nitrogens with zero attached hydrogens (tertiary/aromatic N) is 4. The Kier molecular flexibility index (Phi) is 3.33. The Morgan fingerprint density at radius 3 is 2.78 bits per heavy atom. The van der Waals surface area contributed by atoms with E-state index in [1.54, 1.807) is 4.90 Å². The number of nitrogens with two attached hydrogens (primary N) is 1. The average Bonchev–Trinajstić information content (AvgIpc) is 2.39. The number of hydrogen-bond donors (Lipinski definition) is 2. The number of anilines is 1. The van der Waals surface area contributed by atoms with Crippen molar-refractivity contribution < 1.29 is 9.72 Å². The third kappa shape index (κ3) is 2.35. The van der Waals surface area contributed by atoms with Crippen LogP contribution < -0.4 is 16.0 Å². The minimum absolute atomic E-state index is 0.190. The molecule has 1 aromatic rings. The molecule has 1 aromatic heterocycles. The van der Waals surface area contributed by atoms with E-state index in [-0.39, 0.29) is 11.6 Å². The summed E-state index contributed by atoms with van der Waals surface area (Å²) in [5.74, 6) is -0.213. The van der Waals surface area contributed by atoms with Crippen LogP contribution in [0.15, 0.2) is 12.4 Å². The first-order chi connectivity index (χ1) is 8.59. The molecule has 3 N–H and O–H groups in total. The molecule has 0 aliphatic carbocycles. The monoisotopic (exact) mass is 252 g/mol. The van der Waals surface area contributed by atoms with E-state index in [0.29, 0.717) is 19.6 Å². The largest absolute Gasteiger partial charge is 0.368 e. The lowest BCUT2D eigenvalue weighted by Gasteiger charge is -2.33. The molecule has 1 saturated heterocycles. The number of nitro groups is 1. The lowest BCUT2D eigenvalue weighted by atomic mass is 10.2. The van der Waals surface area contributed by atoms with Crippen molar-refractivity contribution in [3.63, 3.8) is 0 Å². The maximum absolute atomic E-state index is 11.3. The summed E-state index contributed by atoms with van der Waals surface area (Å²) < 4.78 is 0. The second kappa shape index (κ2) is 4.92. The van der Waals surface area contributed by atoms with E-state index in [9.17, 15) is 14.9 Å². The van der Waals surface area contributed by atoms with Gasteiger partial charge in [0.25, 0.3) is 0 Å². The van der Waals surface area contributed by atoms with Crippen molar-refractivity contribution in [1.82, 2.24) is 15.3 Å². The van der Waals surface area contributed by atoms with Crippen LogP contribution in [0.3, 0.4) is 0 Å². The molecule has 0 aromatic carbocycles. The van der Waals surface area contributed by atoms with Crippen LogP contribution in [0, 0.1) is 10.1 Å². The number of aromatic nitrogens is 2. The molecule has 1 aliphatic rings. The fraction of sp³-hybridized carbons (Fsp3) is 0.444. The van der Waals surface area contributed by atoms with Gasteiger partial charge >= 0.3 is 5.69 Å². The van der Waals surface area contributed by atoms with E-state index in [0.717, 1.165) is 12.4 Å². The molecule has 1 atom stereocenters. The smallest absolute Gasteiger partial charge is 0.305 e. The molecule has 1 unspecified atom stereocenters. The molecule has 1 amide bonds. The first-order valence-corrected chi connectivity index (χ1v) is 5.32. The van der Waals surface area contributed by atoms with Crippen LogP contribution in [-0.2, 0) is 4.79 Å². The van der Waals surface area contributed by atoms with E-state index in [2.05, 4.69) is 15.3 Å². The van der Waals surface area contributed by atoms with Gasteiger partial charge in [-0.1, -0.05) is 0 Å². The molecule has 2 rings (SSSR count). The van der Waals surface area contributed by atoms with Gasteiger partial charge in [0, 0.05) is 19.6 Å². The maximum Gasteiger partial charge on any atom is 0.305 e. The van der Waals surface area contributed by atoms with Crippen molar-refractivity contribution in [3.8, 4) is 0 Å². The molecule has 0 radical (unpaired) electrons. The van der Waals surface area contributed by atoms with Crippen molar-refractivity contribution in [1.29, 1.82) is 0 Å². The molecule has 9 nitrogen and oxygen atoms in total. The Bertz CT molecular complexity index is 462. The third-order valence-corrected chi connectivity index (χ3v) is 2.66. The van der Waals surface area contributed by atoms with E-state index in [4.69, 9.17) is 5.73 Å². The highest BCUT2D eigenvalue weighted by atomic mass is 16.6. The van der Waals surface area contributed by atoms with Gasteiger partial charge in [-0.2, -0.15) is 0 Å². The predicted octanol–water partition coefficient (Wildman–Crippen LogP) is -1.35. The molecule has 96 valence electrons. The number of rotatable bonds is 3. The zero-order chi connectivity index (χ0) is 13.1. The van der Waals surface area contributed by atoms with Gasteiger partial charge in [-0.05, 0) is 0 Å². The zero-order valence-electron chi connectivity index (χ0n) is 9.44. The summed E-state index contributed by atoms with van der Waals surface area (Å²) in [6.45, 7) is 1.60. The highest BCUT2D eigenvalue weighted by Gasteiger charge is 2.28. The number of primary amides is 1. The summed E-state index contributed by atoms with van der Waals surface area (Å²) >= 11 is 0. The number of carbonyl (C=O) groups excluding carboxylic acids is 1. The van der Waals surface area contributed by atoms with E-state index < -0.39 is 16.9 Å². The third-order valence-electron chi connectivity index (χ3n) is 2.66. The van der Waals surface area contributed by atoms with E-state index in [1.807, 2.05) is 0 Å². The van der Waals surface area contributed by atoms with Crippen LogP contribution in [-0.4, -0.2) is 46.5 Å². The fourth-order valence-corrected chi connectivity index (χ4v) is 1.75. The lowest BCUT2D eigenvalue weighted by Crippen LogP contribution is -2.57. The first kappa shape index (κ1) is 12.2. The summed E-state index contributed by atoms with van der Waals surface area (Å²) in [7, 11) is 0. The minimum atomic E-state index is -0.576. The van der Waals surface area contributed by atoms with Crippen LogP contribution in [0.4, 0.5) is 11.6 Å². The standard InChI is InChI=1S/C9H12N6O3/c10-8(16)7-5-11-1-2-14(7)9-12-3-6(4-13-9)15(17)18/h3-4,7,11H,1-2,5H2,(H2,10,16). The Morgan fingerprint density at radius 2 is 2.22 bits per heavy atom. The summed E-state index contributed by atoms with van der Waals surface area (Å²) in [6.07, 6.45) is 2.23. The van der Waals surface area contributed by atoms with Crippen LogP contribution in [0.5, 0.6) is 0 Å². The summed E-state index contributed by atoms with van der Waals surface area (Å²) in [4.78, 5) is 30.6. The molecule has 2 heterocycles. The minimum Gasteiger partial charge on any atom is -0.368 e. The number of hydrogen-bond acceptors (Lipinski definition) is 7. The topological polar surface area (TPSA) is 127 Å². The molecule has 9 heteroatoms. The van der Waals surface area contributed by atoms with Crippen LogP contribution >= 0.6 is 0 Å². The van der Waals surface area contributed by atoms with Crippen LogP contribution in [0.25, 0.3) is 0 Å². The number of carbonyl (C=O) groups is 1. The second-order valence-corrected chi connectivity index (χ2v) is 3.81. The molecule has 18 heavy (non-hydrogen) atoms. The van der Waals surface area contributed by atoms with Gasteiger partial charge in [0.1, 0.15) is 18.4 Å². The lowest BCUT2D eigenvalue weighted by molar-refractivity contribution is -0.385. The summed E-state index contributed by atoms with van der Waals surface area (Å²) in [6, 6.07) is -0.541. The molecule has 1 aliphatic heterocycles. The van der Waals surface area contributed by atoms with Crippen molar-refractivity contribution in [2.45, 2.75) is 6.04 Å². The first-order valence-electron chi connectivity index (χ1n) is 5.32. The summed E-state index contributed by atoms with van der Waals surface area (Å²) in [5.41, 5.74) is 5.10. The Balaban J connectivity index is 2.23. The molecule has 1 fully saturated rings. The SMILES string of the molecule is NC(=O)C1CNCCN1c1ncc([N+](=O)[O-])cn1. The van der Waals surface area contributed by atoms with Crippen LogP contribution in [0.1, 0.15) is 0 Å². The molecular weight excluding hydrogens is 240 g/mol. The predicted molar refractivity (Wildman–Crippen MR) is 61.9 cm³/mol. The van der Waals surface area contributed by atoms with E-state index >= 15 is 0 Å². The Hall–Kier alpha value is -2.29. The van der Waals surface area contributed by atoms with Crippen molar-refractivity contribution in [2.75, 3.05) is 24.5 Å². The van der Waals surface area contributed by atoms with Gasteiger partial charge in [0.15, 0.2) is 0 Å². The van der Waals surface area contributed by atoms with Gasteiger partial charge in [-0.25, -0.2) is 9.97 Å². The Morgan fingerprint density at radius 1 is 1.56 bits per heavy atom. The van der Waals surface area contributed by atoms with Gasteiger partial charge in [-0.3, -0.25) is 14.9 Å². The second-order valence-electron chi connectivity index (χ2n) is 3.81. The number of amides is 1. The Labute approximate surface area is 102 Å². The zero-order valence-corrected chi connectivity index (χ0v) is 9.44. The van der Waals surface area contributed by atoms with Crippen molar-refractivity contribution in [2.24, 2.45) is 5.73 Å². The van der Waals surface area contributed by atoms with Crippen molar-refractivity contribution in [3.05, 3.63) is 22.5 Å². The molecule has 0 saturated carbocycles. The highest BCUT2D eigenvalue weighted by Crippen LogP contribution is 2.15. The van der Waals surface area contributed by atoms with Gasteiger partial charge in [-0.15, -0.1) is 0 Å². The quantitative estimate of drug-likeness (QED) is 0.502. The molecule has 0 spiro atoms. The molecule has 0 bridgehead atoms. The number of piperazine rings is 1. The fourth-order valence-electron chi connectivity index (χ4n) is 1.75. The van der Waals surface area contributed by atoms with Gasteiger partial charge in [0.2, 0.25) is 11.9 Å². The van der Waals surface area contributed by atoms with Gasteiger partial charge in [0.05, 0.1) is 4.92 Å². The normalized spacial score (nSPS) is 19.6. The van der Waals surface area contributed by atoms with Crippen LogP contribution in [0.2, 0.25) is 0 Å². The van der Waals surface area contributed by atoms with Crippen molar-refractivity contribution >= 4 is 17.5 Å². The van der Waals surface area contributed by atoms with Gasteiger partial charge < -0.3 is 16.0 Å². The number of nitrogens with one attached hydrogen (secondary N) is 1. The van der Waals surface area contributed by atoms with E-state index in [1.165, 1.54) is 0 Å². The maximum atomic E-state index is 11.3. The summed E-state index contributed by atoms with van der Waals surface area (Å²) in [5, 5.41) is 13.5. The molecular formula is C9H12N6O3.